The molecule has 16 heavy (non-hydrogen) atoms. The summed E-state index contributed by atoms with van der Waals surface area (Å²) in [5, 5.41) is 15.0. The number of aliphatic hydroxyl groups excluding tert-OH is 1. The van der Waals surface area contributed by atoms with Gasteiger partial charge in [-0.05, 0) is 18.6 Å². The predicted octanol–water partition coefficient (Wildman–Crippen LogP) is 1.12. The molecule has 0 aliphatic rings. The fourth-order valence-electron chi connectivity index (χ4n) is 1.40. The molecule has 4 heteroatoms. The molecule has 1 aromatic carbocycles. The highest BCUT2D eigenvalue weighted by atomic mass is 16.3. The number of hydrogen-bond donors (Lipinski definition) is 3. The largest absolute Gasteiger partial charge is 0.392 e. The first kappa shape index (κ1) is 12.7. The molecule has 4 nitrogen and oxygen atoms in total. The van der Waals surface area contributed by atoms with Gasteiger partial charge in [-0.15, -0.1) is 0 Å². The molecular formula is C12H18N2O2. The first-order valence-electron chi connectivity index (χ1n) is 5.34. The van der Waals surface area contributed by atoms with Crippen LogP contribution in [0.3, 0.4) is 0 Å². The maximum Gasteiger partial charge on any atom is 0.221 e. The first-order valence-corrected chi connectivity index (χ1v) is 5.34. The third-order valence-corrected chi connectivity index (χ3v) is 2.08. The van der Waals surface area contributed by atoms with Crippen LogP contribution in [0.25, 0.3) is 0 Å². The number of carbonyl (C=O) groups excluding carboxylic acids is 1. The molecule has 1 amide bonds. The first-order chi connectivity index (χ1) is 7.59. The molecule has 0 aliphatic carbocycles. The summed E-state index contributed by atoms with van der Waals surface area (Å²) in [6.45, 7) is 4.38. The van der Waals surface area contributed by atoms with Crippen LogP contribution in [0.2, 0.25) is 0 Å². The Morgan fingerprint density at radius 1 is 1.44 bits per heavy atom. The van der Waals surface area contributed by atoms with E-state index in [1.54, 1.807) is 6.92 Å². The lowest BCUT2D eigenvalue weighted by molar-refractivity contribution is -0.114. The quantitative estimate of drug-likeness (QED) is 0.699. The van der Waals surface area contributed by atoms with E-state index in [2.05, 4.69) is 10.6 Å². The number of rotatable bonds is 5. The Morgan fingerprint density at radius 3 is 2.75 bits per heavy atom. The second-order valence-electron chi connectivity index (χ2n) is 3.82. The standard InChI is InChI=1S/C12H18N2O2/c1-9(15)7-13-8-11-5-3-4-6-12(11)14-10(2)16/h3-6,9,13,15H,7-8H2,1-2H3,(H,14,16). The second kappa shape index (κ2) is 6.25. The van der Waals surface area contributed by atoms with E-state index in [4.69, 9.17) is 5.11 Å². The molecule has 0 spiro atoms. The number of hydrogen-bond acceptors (Lipinski definition) is 3. The van der Waals surface area contributed by atoms with Crippen molar-refractivity contribution in [3.8, 4) is 0 Å². The number of nitrogens with one attached hydrogen (secondary N) is 2. The number of amides is 1. The highest BCUT2D eigenvalue weighted by molar-refractivity contribution is 5.89. The van der Waals surface area contributed by atoms with Gasteiger partial charge < -0.3 is 15.7 Å². The van der Waals surface area contributed by atoms with Gasteiger partial charge in [0.25, 0.3) is 0 Å². The Morgan fingerprint density at radius 2 is 2.12 bits per heavy atom. The maximum atomic E-state index is 11.0. The average Bonchev–Trinajstić information content (AvgIpc) is 2.19. The van der Waals surface area contributed by atoms with Crippen LogP contribution in [-0.2, 0) is 11.3 Å². The van der Waals surface area contributed by atoms with Crippen molar-refractivity contribution in [1.82, 2.24) is 5.32 Å². The number of aliphatic hydroxyl groups is 1. The van der Waals surface area contributed by atoms with Crippen LogP contribution in [0.15, 0.2) is 24.3 Å². The summed E-state index contributed by atoms with van der Waals surface area (Å²) < 4.78 is 0. The Labute approximate surface area is 95.7 Å². The van der Waals surface area contributed by atoms with Crippen molar-refractivity contribution in [1.29, 1.82) is 0 Å². The van der Waals surface area contributed by atoms with Crippen LogP contribution in [0.1, 0.15) is 19.4 Å². The van der Waals surface area contributed by atoms with Gasteiger partial charge in [0.2, 0.25) is 5.91 Å². The molecule has 1 atom stereocenters. The SMILES string of the molecule is CC(=O)Nc1ccccc1CNCC(C)O. The number of carbonyl (C=O) groups is 1. The summed E-state index contributed by atoms with van der Waals surface area (Å²) in [7, 11) is 0. The van der Waals surface area contributed by atoms with Crippen LogP contribution in [0.5, 0.6) is 0 Å². The zero-order valence-corrected chi connectivity index (χ0v) is 9.66. The Balaban J connectivity index is 2.60. The third-order valence-electron chi connectivity index (χ3n) is 2.08. The summed E-state index contributed by atoms with van der Waals surface area (Å²) in [5.74, 6) is -0.0806. The van der Waals surface area contributed by atoms with E-state index >= 15 is 0 Å². The fraction of sp³-hybridized carbons (Fsp3) is 0.417. The Bertz CT molecular complexity index is 351. The summed E-state index contributed by atoms with van der Waals surface area (Å²) in [4.78, 5) is 11.0. The van der Waals surface area contributed by atoms with Gasteiger partial charge in [0.1, 0.15) is 0 Å². The van der Waals surface area contributed by atoms with Crippen LogP contribution in [0, 0.1) is 0 Å². The van der Waals surface area contributed by atoms with Gasteiger partial charge in [-0.3, -0.25) is 4.79 Å². The van der Waals surface area contributed by atoms with Crippen LogP contribution < -0.4 is 10.6 Å². The van der Waals surface area contributed by atoms with Gasteiger partial charge in [0, 0.05) is 25.7 Å². The summed E-state index contributed by atoms with van der Waals surface area (Å²) in [6, 6.07) is 7.61. The Hall–Kier alpha value is -1.39. The lowest BCUT2D eigenvalue weighted by Gasteiger charge is -2.11. The smallest absolute Gasteiger partial charge is 0.221 e. The molecular weight excluding hydrogens is 204 g/mol. The number of anilines is 1. The van der Waals surface area contributed by atoms with Gasteiger partial charge in [-0.1, -0.05) is 18.2 Å². The van der Waals surface area contributed by atoms with Gasteiger partial charge in [0.15, 0.2) is 0 Å². The van der Waals surface area contributed by atoms with E-state index in [-0.39, 0.29) is 12.0 Å². The normalized spacial score (nSPS) is 12.2. The highest BCUT2D eigenvalue weighted by Gasteiger charge is 2.03. The predicted molar refractivity (Wildman–Crippen MR) is 64.1 cm³/mol. The van der Waals surface area contributed by atoms with Crippen LogP contribution >= 0.6 is 0 Å². The molecule has 88 valence electrons. The second-order valence-corrected chi connectivity index (χ2v) is 3.82. The molecule has 1 unspecified atom stereocenters. The van der Waals surface area contributed by atoms with Crippen LogP contribution in [-0.4, -0.2) is 23.7 Å². The molecule has 0 bridgehead atoms. The van der Waals surface area contributed by atoms with Crippen molar-refractivity contribution in [2.24, 2.45) is 0 Å². The van der Waals surface area contributed by atoms with Gasteiger partial charge >= 0.3 is 0 Å². The summed E-state index contributed by atoms with van der Waals surface area (Å²) in [5.41, 5.74) is 1.83. The molecule has 0 fully saturated rings. The minimum atomic E-state index is -0.368. The van der Waals surface area contributed by atoms with Gasteiger partial charge in [0.05, 0.1) is 6.10 Å². The van der Waals surface area contributed by atoms with Crippen molar-refractivity contribution in [3.05, 3.63) is 29.8 Å². The van der Waals surface area contributed by atoms with E-state index in [9.17, 15) is 4.79 Å². The lowest BCUT2D eigenvalue weighted by atomic mass is 10.1. The van der Waals surface area contributed by atoms with E-state index in [1.807, 2.05) is 24.3 Å². The van der Waals surface area contributed by atoms with Gasteiger partial charge in [-0.2, -0.15) is 0 Å². The highest BCUT2D eigenvalue weighted by Crippen LogP contribution is 2.14. The van der Waals surface area contributed by atoms with Crippen molar-refractivity contribution >= 4 is 11.6 Å². The van der Waals surface area contributed by atoms with Gasteiger partial charge in [-0.25, -0.2) is 0 Å². The average molecular weight is 222 g/mol. The number of para-hydroxylation sites is 1. The van der Waals surface area contributed by atoms with Crippen molar-refractivity contribution < 1.29 is 9.90 Å². The van der Waals surface area contributed by atoms with E-state index in [0.717, 1.165) is 11.3 Å². The number of benzene rings is 1. The molecule has 1 aromatic rings. The molecule has 1 rings (SSSR count). The minimum absolute atomic E-state index is 0.0806. The zero-order valence-electron chi connectivity index (χ0n) is 9.66. The van der Waals surface area contributed by atoms with Crippen molar-refractivity contribution in [2.45, 2.75) is 26.5 Å². The maximum absolute atomic E-state index is 11.0. The molecule has 0 aliphatic heterocycles. The monoisotopic (exact) mass is 222 g/mol. The molecule has 0 heterocycles. The molecule has 0 radical (unpaired) electrons. The molecule has 0 saturated heterocycles. The zero-order chi connectivity index (χ0) is 12.0. The fourth-order valence-corrected chi connectivity index (χ4v) is 1.40. The van der Waals surface area contributed by atoms with E-state index in [1.165, 1.54) is 6.92 Å². The third kappa shape index (κ3) is 4.42. The van der Waals surface area contributed by atoms with Crippen molar-refractivity contribution in [3.63, 3.8) is 0 Å². The van der Waals surface area contributed by atoms with Crippen molar-refractivity contribution in [2.75, 3.05) is 11.9 Å². The molecule has 0 aromatic heterocycles. The minimum Gasteiger partial charge on any atom is -0.392 e. The molecule has 0 saturated carbocycles. The summed E-state index contributed by atoms with van der Waals surface area (Å²) in [6.07, 6.45) is -0.368. The Kier molecular flexibility index (Phi) is 4.95. The lowest BCUT2D eigenvalue weighted by Crippen LogP contribution is -2.24. The van der Waals surface area contributed by atoms with E-state index < -0.39 is 0 Å². The molecule has 3 N–H and O–H groups in total. The van der Waals surface area contributed by atoms with E-state index in [0.29, 0.717) is 13.1 Å². The summed E-state index contributed by atoms with van der Waals surface area (Å²) >= 11 is 0. The van der Waals surface area contributed by atoms with Crippen LogP contribution in [0.4, 0.5) is 5.69 Å². The topological polar surface area (TPSA) is 61.4 Å².